The molecular weight excluding hydrogens is 182 g/mol. The molecule has 1 heterocycles. The third-order valence-electron chi connectivity index (χ3n) is 1.23. The summed E-state index contributed by atoms with van der Waals surface area (Å²) in [5.74, 6) is -1.05. The fourth-order valence-electron chi connectivity index (χ4n) is 0.718. The number of hydrogen-bond acceptors (Lipinski definition) is 3. The highest BCUT2D eigenvalue weighted by Gasteiger charge is 2.07. The van der Waals surface area contributed by atoms with Crippen LogP contribution in [0.2, 0.25) is 0 Å². The standard InChI is InChI=1S/C7H6F2N2O2/c8-7(9)13-5-3-4(6(10)12)1-2-11-5/h1-3,7H,(H2,10,12). The van der Waals surface area contributed by atoms with Gasteiger partial charge in [-0.2, -0.15) is 8.78 Å². The maximum Gasteiger partial charge on any atom is 0.388 e. The van der Waals surface area contributed by atoms with Crippen LogP contribution in [0.3, 0.4) is 0 Å². The van der Waals surface area contributed by atoms with Gasteiger partial charge in [0, 0.05) is 17.8 Å². The van der Waals surface area contributed by atoms with E-state index >= 15 is 0 Å². The molecule has 70 valence electrons. The Bertz CT molecular complexity index is 317. The highest BCUT2D eigenvalue weighted by molar-refractivity contribution is 5.92. The van der Waals surface area contributed by atoms with Gasteiger partial charge in [0.25, 0.3) is 0 Å². The first-order chi connectivity index (χ1) is 6.09. The topological polar surface area (TPSA) is 65.2 Å². The monoisotopic (exact) mass is 188 g/mol. The van der Waals surface area contributed by atoms with Gasteiger partial charge in [0.2, 0.25) is 11.8 Å². The summed E-state index contributed by atoms with van der Waals surface area (Å²) in [5.41, 5.74) is 4.98. The molecule has 13 heavy (non-hydrogen) atoms. The molecule has 2 N–H and O–H groups in total. The molecule has 0 unspecified atom stereocenters. The Morgan fingerprint density at radius 1 is 1.62 bits per heavy atom. The normalized spacial score (nSPS) is 10.1. The summed E-state index contributed by atoms with van der Waals surface area (Å²) in [5, 5.41) is 0. The number of hydrogen-bond donors (Lipinski definition) is 1. The summed E-state index contributed by atoms with van der Waals surface area (Å²) >= 11 is 0. The number of aromatic nitrogens is 1. The number of amides is 1. The van der Waals surface area contributed by atoms with Gasteiger partial charge in [-0.25, -0.2) is 4.98 Å². The van der Waals surface area contributed by atoms with Gasteiger partial charge in [-0.1, -0.05) is 0 Å². The molecule has 0 aliphatic carbocycles. The lowest BCUT2D eigenvalue weighted by atomic mass is 10.2. The molecule has 1 aromatic rings. The van der Waals surface area contributed by atoms with Crippen LogP contribution in [0.5, 0.6) is 5.88 Å². The molecular formula is C7H6F2N2O2. The van der Waals surface area contributed by atoms with E-state index in [0.29, 0.717) is 0 Å². The summed E-state index contributed by atoms with van der Waals surface area (Å²) in [4.78, 5) is 14.0. The van der Waals surface area contributed by atoms with Crippen molar-refractivity contribution in [2.24, 2.45) is 5.73 Å². The van der Waals surface area contributed by atoms with E-state index in [0.717, 1.165) is 12.3 Å². The lowest BCUT2D eigenvalue weighted by Gasteiger charge is -2.02. The van der Waals surface area contributed by atoms with Crippen molar-refractivity contribution >= 4 is 5.91 Å². The van der Waals surface area contributed by atoms with Crippen molar-refractivity contribution in [1.82, 2.24) is 4.98 Å². The van der Waals surface area contributed by atoms with Crippen LogP contribution in [-0.2, 0) is 0 Å². The fourth-order valence-corrected chi connectivity index (χ4v) is 0.718. The number of halogens is 2. The van der Waals surface area contributed by atoms with Crippen molar-refractivity contribution in [2.75, 3.05) is 0 Å². The van der Waals surface area contributed by atoms with Crippen molar-refractivity contribution in [3.8, 4) is 5.88 Å². The number of nitrogens with zero attached hydrogens (tertiary/aromatic N) is 1. The van der Waals surface area contributed by atoms with Crippen LogP contribution in [-0.4, -0.2) is 17.5 Å². The average molecular weight is 188 g/mol. The number of alkyl halides is 2. The van der Waals surface area contributed by atoms with Crippen LogP contribution in [0.1, 0.15) is 10.4 Å². The van der Waals surface area contributed by atoms with E-state index in [4.69, 9.17) is 5.73 Å². The number of nitrogens with two attached hydrogens (primary N) is 1. The van der Waals surface area contributed by atoms with Crippen molar-refractivity contribution in [2.45, 2.75) is 6.61 Å². The van der Waals surface area contributed by atoms with Crippen molar-refractivity contribution in [1.29, 1.82) is 0 Å². The van der Waals surface area contributed by atoms with Crippen LogP contribution in [0.4, 0.5) is 8.78 Å². The van der Waals surface area contributed by atoms with Gasteiger partial charge >= 0.3 is 6.61 Å². The van der Waals surface area contributed by atoms with E-state index in [9.17, 15) is 13.6 Å². The quantitative estimate of drug-likeness (QED) is 0.762. The Balaban J connectivity index is 2.85. The van der Waals surface area contributed by atoms with Crippen molar-refractivity contribution in [3.63, 3.8) is 0 Å². The Morgan fingerprint density at radius 3 is 2.85 bits per heavy atom. The summed E-state index contributed by atoms with van der Waals surface area (Å²) in [6.07, 6.45) is 1.16. The van der Waals surface area contributed by atoms with E-state index in [-0.39, 0.29) is 11.4 Å². The van der Waals surface area contributed by atoms with E-state index in [1.807, 2.05) is 0 Å². The maximum atomic E-state index is 11.7. The predicted molar refractivity (Wildman–Crippen MR) is 39.4 cm³/mol. The van der Waals surface area contributed by atoms with Gasteiger partial charge in [0.15, 0.2) is 0 Å². The molecule has 0 aliphatic heterocycles. The van der Waals surface area contributed by atoms with Crippen LogP contribution < -0.4 is 10.5 Å². The first kappa shape index (κ1) is 9.37. The second-order valence-electron chi connectivity index (χ2n) is 2.13. The molecule has 0 spiro atoms. The van der Waals surface area contributed by atoms with Gasteiger partial charge in [-0.15, -0.1) is 0 Å². The average Bonchev–Trinajstić information content (AvgIpc) is 2.03. The van der Waals surface area contributed by atoms with Gasteiger partial charge in [0.1, 0.15) is 0 Å². The van der Waals surface area contributed by atoms with Crippen LogP contribution in [0.15, 0.2) is 18.3 Å². The number of carbonyl (C=O) groups is 1. The van der Waals surface area contributed by atoms with E-state index in [2.05, 4.69) is 9.72 Å². The lowest BCUT2D eigenvalue weighted by molar-refractivity contribution is -0.0528. The predicted octanol–water partition coefficient (Wildman–Crippen LogP) is 0.782. The minimum Gasteiger partial charge on any atom is -0.417 e. The number of primary amides is 1. The van der Waals surface area contributed by atoms with Crippen LogP contribution in [0.25, 0.3) is 0 Å². The van der Waals surface area contributed by atoms with Gasteiger partial charge in [-0.05, 0) is 6.07 Å². The number of pyridine rings is 1. The number of carbonyl (C=O) groups excluding carboxylic acids is 1. The third-order valence-corrected chi connectivity index (χ3v) is 1.23. The first-order valence-electron chi connectivity index (χ1n) is 3.30. The molecule has 0 saturated carbocycles. The molecule has 1 aromatic heterocycles. The van der Waals surface area contributed by atoms with E-state index < -0.39 is 12.5 Å². The molecule has 0 fully saturated rings. The SMILES string of the molecule is NC(=O)c1ccnc(OC(F)F)c1. The van der Waals surface area contributed by atoms with Crippen LogP contribution in [0, 0.1) is 0 Å². The summed E-state index contributed by atoms with van der Waals surface area (Å²) < 4.78 is 27.3. The minimum atomic E-state index is -2.96. The molecule has 0 aromatic carbocycles. The van der Waals surface area contributed by atoms with E-state index in [1.165, 1.54) is 6.07 Å². The molecule has 0 aliphatic rings. The van der Waals surface area contributed by atoms with Gasteiger partial charge < -0.3 is 10.5 Å². The Labute approximate surface area is 72.3 Å². The molecule has 1 rings (SSSR count). The zero-order valence-corrected chi connectivity index (χ0v) is 6.41. The zero-order chi connectivity index (χ0) is 9.84. The largest absolute Gasteiger partial charge is 0.417 e. The Morgan fingerprint density at radius 2 is 2.31 bits per heavy atom. The number of rotatable bonds is 3. The Kier molecular flexibility index (Phi) is 2.73. The van der Waals surface area contributed by atoms with E-state index in [1.54, 1.807) is 0 Å². The molecule has 1 amide bonds. The fraction of sp³-hybridized carbons (Fsp3) is 0.143. The minimum absolute atomic E-state index is 0.0747. The summed E-state index contributed by atoms with van der Waals surface area (Å²) in [6, 6.07) is 2.36. The highest BCUT2D eigenvalue weighted by atomic mass is 19.3. The van der Waals surface area contributed by atoms with Gasteiger partial charge in [-0.3, -0.25) is 4.79 Å². The summed E-state index contributed by atoms with van der Waals surface area (Å²) in [7, 11) is 0. The Hall–Kier alpha value is -1.72. The van der Waals surface area contributed by atoms with Gasteiger partial charge in [0.05, 0.1) is 0 Å². The second-order valence-corrected chi connectivity index (χ2v) is 2.13. The van der Waals surface area contributed by atoms with Crippen molar-refractivity contribution < 1.29 is 18.3 Å². The molecule has 0 bridgehead atoms. The lowest BCUT2D eigenvalue weighted by Crippen LogP contribution is -2.12. The third kappa shape index (κ3) is 2.66. The second kappa shape index (κ2) is 3.79. The molecule has 0 saturated heterocycles. The smallest absolute Gasteiger partial charge is 0.388 e. The highest BCUT2D eigenvalue weighted by Crippen LogP contribution is 2.11. The molecule has 4 nitrogen and oxygen atoms in total. The summed E-state index contributed by atoms with van der Waals surface area (Å²) in [6.45, 7) is -2.96. The zero-order valence-electron chi connectivity index (χ0n) is 6.41. The van der Waals surface area contributed by atoms with Crippen LogP contribution >= 0.6 is 0 Å². The molecule has 0 radical (unpaired) electrons. The molecule has 6 heteroatoms. The van der Waals surface area contributed by atoms with Crippen molar-refractivity contribution in [3.05, 3.63) is 23.9 Å². The first-order valence-corrected chi connectivity index (χ1v) is 3.30. The molecule has 0 atom stereocenters. The number of ether oxygens (including phenoxy) is 1. The maximum absolute atomic E-state index is 11.7.